The van der Waals surface area contributed by atoms with Crippen LogP contribution in [-0.2, 0) is 4.79 Å². The molecule has 0 aromatic rings. The van der Waals surface area contributed by atoms with E-state index in [1.54, 1.807) is 0 Å². The Morgan fingerprint density at radius 1 is 1.00 bits per heavy atom. The number of allylic oxidation sites excluding steroid dienone is 2. The van der Waals surface area contributed by atoms with E-state index in [1.165, 1.54) is 6.42 Å². The van der Waals surface area contributed by atoms with Gasteiger partial charge in [-0.3, -0.25) is 4.79 Å². The van der Waals surface area contributed by atoms with E-state index in [1.807, 2.05) is 0 Å². The van der Waals surface area contributed by atoms with Crippen molar-refractivity contribution < 1.29 is 9.28 Å². The molecule has 0 saturated carbocycles. The Bertz CT molecular complexity index is 262. The first-order valence-electron chi connectivity index (χ1n) is 8.40. The van der Waals surface area contributed by atoms with E-state index in [2.05, 4.69) is 45.2 Å². The Balaban J connectivity index is 3.72. The van der Waals surface area contributed by atoms with Gasteiger partial charge in [-0.1, -0.05) is 25.5 Å². The molecule has 0 saturated heterocycles. The fourth-order valence-corrected chi connectivity index (χ4v) is 2.45. The average Bonchev–Trinajstić information content (AvgIpc) is 2.48. The van der Waals surface area contributed by atoms with Gasteiger partial charge in [0.2, 0.25) is 5.91 Å². The Morgan fingerprint density at radius 2 is 1.60 bits per heavy atom. The summed E-state index contributed by atoms with van der Waals surface area (Å²) in [4.78, 5) is 11.7. The minimum atomic E-state index is 0.204. The molecule has 0 aliphatic carbocycles. The number of nitrogens with one attached hydrogen (secondary N) is 1. The molecule has 3 nitrogen and oxygen atoms in total. The van der Waals surface area contributed by atoms with E-state index >= 15 is 0 Å². The third kappa shape index (κ3) is 8.36. The van der Waals surface area contributed by atoms with Gasteiger partial charge in [0.15, 0.2) is 0 Å². The standard InChI is InChI=1S/C17H34N2O/c1-5-9-10-11-12-13-14-17(20)18-15-16-19(6-2,7-3)8-4/h10-11H,5-9,12-16H2,1-4H3/p+1/b11-10+. The number of rotatable bonds is 12. The minimum absolute atomic E-state index is 0.204. The first kappa shape index (κ1) is 19.2. The number of carbonyl (C=O) groups is 1. The molecule has 0 atom stereocenters. The van der Waals surface area contributed by atoms with Crippen molar-refractivity contribution in [2.45, 2.75) is 59.8 Å². The van der Waals surface area contributed by atoms with Crippen LogP contribution in [0.3, 0.4) is 0 Å². The number of quaternary nitrogens is 1. The zero-order valence-corrected chi connectivity index (χ0v) is 14.1. The van der Waals surface area contributed by atoms with Gasteiger partial charge in [0.05, 0.1) is 32.7 Å². The number of hydrogen-bond donors (Lipinski definition) is 1. The zero-order chi connectivity index (χ0) is 15.3. The molecule has 0 bridgehead atoms. The molecular formula is C17H35N2O+. The van der Waals surface area contributed by atoms with Crippen LogP contribution in [0.1, 0.15) is 59.8 Å². The normalized spacial score (nSPS) is 12.0. The van der Waals surface area contributed by atoms with Crippen molar-refractivity contribution in [3.8, 4) is 0 Å². The third-order valence-corrected chi connectivity index (χ3v) is 4.32. The van der Waals surface area contributed by atoms with E-state index in [-0.39, 0.29) is 5.91 Å². The van der Waals surface area contributed by atoms with Gasteiger partial charge in [-0.25, -0.2) is 0 Å². The molecule has 0 fully saturated rings. The van der Waals surface area contributed by atoms with Crippen LogP contribution in [0.5, 0.6) is 0 Å². The molecule has 0 radical (unpaired) electrons. The van der Waals surface area contributed by atoms with Crippen LogP contribution in [0.2, 0.25) is 0 Å². The van der Waals surface area contributed by atoms with Crippen molar-refractivity contribution in [2.75, 3.05) is 32.7 Å². The van der Waals surface area contributed by atoms with Crippen LogP contribution in [-0.4, -0.2) is 43.1 Å². The van der Waals surface area contributed by atoms with Gasteiger partial charge in [-0.05, 0) is 40.0 Å². The second-order valence-corrected chi connectivity index (χ2v) is 5.52. The van der Waals surface area contributed by atoms with E-state index in [0.717, 1.165) is 56.5 Å². The minimum Gasteiger partial charge on any atom is -0.350 e. The lowest BCUT2D eigenvalue weighted by Gasteiger charge is -2.35. The SMILES string of the molecule is CCC/C=C/CCCC(=O)NCC[N+](CC)(CC)CC. The fraction of sp³-hybridized carbons (Fsp3) is 0.824. The number of nitrogens with zero attached hydrogens (tertiary/aromatic N) is 1. The molecule has 118 valence electrons. The molecule has 0 rings (SSSR count). The van der Waals surface area contributed by atoms with Crippen molar-refractivity contribution in [1.82, 2.24) is 5.32 Å². The van der Waals surface area contributed by atoms with Crippen molar-refractivity contribution in [1.29, 1.82) is 0 Å². The largest absolute Gasteiger partial charge is 0.350 e. The maximum atomic E-state index is 11.7. The summed E-state index contributed by atoms with van der Waals surface area (Å²) in [5, 5.41) is 3.06. The fourth-order valence-electron chi connectivity index (χ4n) is 2.45. The molecule has 0 spiro atoms. The predicted octanol–water partition coefficient (Wildman–Crippen LogP) is 3.51. The Kier molecular flexibility index (Phi) is 11.5. The highest BCUT2D eigenvalue weighted by Crippen LogP contribution is 2.04. The third-order valence-electron chi connectivity index (χ3n) is 4.32. The van der Waals surface area contributed by atoms with Gasteiger partial charge in [-0.15, -0.1) is 0 Å². The number of amides is 1. The summed E-state index contributed by atoms with van der Waals surface area (Å²) in [5.74, 6) is 0.204. The van der Waals surface area contributed by atoms with E-state index < -0.39 is 0 Å². The van der Waals surface area contributed by atoms with Crippen molar-refractivity contribution >= 4 is 5.91 Å². The topological polar surface area (TPSA) is 29.1 Å². The van der Waals surface area contributed by atoms with Crippen molar-refractivity contribution in [3.63, 3.8) is 0 Å². The van der Waals surface area contributed by atoms with Gasteiger partial charge in [0.25, 0.3) is 0 Å². The highest BCUT2D eigenvalue weighted by Gasteiger charge is 2.19. The number of hydrogen-bond acceptors (Lipinski definition) is 1. The molecule has 1 amide bonds. The summed E-state index contributed by atoms with van der Waals surface area (Å²) in [5.41, 5.74) is 0. The van der Waals surface area contributed by atoms with Crippen molar-refractivity contribution in [2.24, 2.45) is 0 Å². The number of carbonyl (C=O) groups excluding carboxylic acids is 1. The van der Waals surface area contributed by atoms with Crippen molar-refractivity contribution in [3.05, 3.63) is 12.2 Å². The smallest absolute Gasteiger partial charge is 0.220 e. The molecule has 0 aromatic heterocycles. The highest BCUT2D eigenvalue weighted by molar-refractivity contribution is 5.75. The van der Waals surface area contributed by atoms with E-state index in [9.17, 15) is 4.79 Å². The van der Waals surface area contributed by atoms with Crippen LogP contribution < -0.4 is 5.32 Å². The van der Waals surface area contributed by atoms with Gasteiger partial charge in [0.1, 0.15) is 0 Å². The lowest BCUT2D eigenvalue weighted by Crippen LogP contribution is -2.51. The Labute approximate surface area is 126 Å². The summed E-state index contributed by atoms with van der Waals surface area (Å²) in [6.07, 6.45) is 9.40. The molecule has 1 N–H and O–H groups in total. The van der Waals surface area contributed by atoms with Gasteiger partial charge in [0, 0.05) is 6.42 Å². The molecular weight excluding hydrogens is 248 g/mol. The molecule has 0 unspecified atom stereocenters. The summed E-state index contributed by atoms with van der Waals surface area (Å²) in [6.45, 7) is 14.2. The monoisotopic (exact) mass is 283 g/mol. The Hall–Kier alpha value is -0.830. The van der Waals surface area contributed by atoms with Gasteiger partial charge in [-0.2, -0.15) is 0 Å². The highest BCUT2D eigenvalue weighted by atomic mass is 16.1. The molecule has 0 heterocycles. The quantitative estimate of drug-likeness (QED) is 0.331. The predicted molar refractivity (Wildman–Crippen MR) is 87.7 cm³/mol. The van der Waals surface area contributed by atoms with Crippen LogP contribution in [0, 0.1) is 0 Å². The van der Waals surface area contributed by atoms with E-state index in [4.69, 9.17) is 0 Å². The second-order valence-electron chi connectivity index (χ2n) is 5.52. The van der Waals surface area contributed by atoms with Crippen LogP contribution >= 0.6 is 0 Å². The average molecular weight is 283 g/mol. The number of unbranched alkanes of at least 4 members (excludes halogenated alkanes) is 2. The Morgan fingerprint density at radius 3 is 2.15 bits per heavy atom. The molecule has 20 heavy (non-hydrogen) atoms. The lowest BCUT2D eigenvalue weighted by molar-refractivity contribution is -0.922. The van der Waals surface area contributed by atoms with Crippen LogP contribution in [0.15, 0.2) is 12.2 Å². The summed E-state index contributed by atoms with van der Waals surface area (Å²) < 4.78 is 1.10. The molecule has 0 aromatic carbocycles. The summed E-state index contributed by atoms with van der Waals surface area (Å²) in [7, 11) is 0. The summed E-state index contributed by atoms with van der Waals surface area (Å²) >= 11 is 0. The maximum Gasteiger partial charge on any atom is 0.220 e. The summed E-state index contributed by atoms with van der Waals surface area (Å²) in [6, 6.07) is 0. The van der Waals surface area contributed by atoms with E-state index in [0.29, 0.717) is 6.42 Å². The molecule has 0 aliphatic heterocycles. The molecule has 3 heteroatoms. The first-order chi connectivity index (χ1) is 9.64. The van der Waals surface area contributed by atoms with Gasteiger partial charge < -0.3 is 9.80 Å². The zero-order valence-electron chi connectivity index (χ0n) is 14.1. The maximum absolute atomic E-state index is 11.7. The van der Waals surface area contributed by atoms with Crippen LogP contribution in [0.25, 0.3) is 0 Å². The molecule has 0 aliphatic rings. The van der Waals surface area contributed by atoms with Gasteiger partial charge >= 0.3 is 0 Å². The number of likely N-dealkylation sites (N-methyl/N-ethyl adjacent to an activating group) is 1. The lowest BCUT2D eigenvalue weighted by atomic mass is 10.2. The van der Waals surface area contributed by atoms with Crippen LogP contribution in [0.4, 0.5) is 0 Å². The first-order valence-corrected chi connectivity index (χ1v) is 8.40. The second kappa shape index (κ2) is 12.0.